The molecule has 7 heteroatoms. The summed E-state index contributed by atoms with van der Waals surface area (Å²) in [5.41, 5.74) is 2.45. The van der Waals surface area contributed by atoms with E-state index in [0.717, 1.165) is 16.9 Å². The smallest absolute Gasteiger partial charge is 0.311 e. The van der Waals surface area contributed by atoms with Crippen LogP contribution in [-0.4, -0.2) is 17.4 Å². The summed E-state index contributed by atoms with van der Waals surface area (Å²) in [7, 11) is 0. The van der Waals surface area contributed by atoms with Gasteiger partial charge < -0.3 is 15.4 Å². The highest BCUT2D eigenvalue weighted by Crippen LogP contribution is 2.30. The minimum atomic E-state index is -0.459. The largest absolute Gasteiger partial charge is 0.487 e. The summed E-state index contributed by atoms with van der Waals surface area (Å²) < 4.78 is 5.34. The molecule has 0 bridgehead atoms. The van der Waals surface area contributed by atoms with E-state index in [0.29, 0.717) is 13.2 Å². The van der Waals surface area contributed by atoms with Crippen molar-refractivity contribution in [1.82, 2.24) is 0 Å². The van der Waals surface area contributed by atoms with Crippen molar-refractivity contribution in [2.45, 2.75) is 27.3 Å². The minimum Gasteiger partial charge on any atom is -0.487 e. The lowest BCUT2D eigenvalue weighted by Gasteiger charge is -2.11. The van der Waals surface area contributed by atoms with Crippen LogP contribution in [0, 0.1) is 16.0 Å². The zero-order valence-corrected chi connectivity index (χ0v) is 15.1. The maximum absolute atomic E-state index is 11.7. The van der Waals surface area contributed by atoms with E-state index < -0.39 is 4.92 Å². The number of nitro groups is 1. The van der Waals surface area contributed by atoms with Crippen LogP contribution in [0.5, 0.6) is 5.75 Å². The van der Waals surface area contributed by atoms with Crippen molar-refractivity contribution in [3.63, 3.8) is 0 Å². The van der Waals surface area contributed by atoms with Gasteiger partial charge in [0.25, 0.3) is 0 Å². The summed E-state index contributed by atoms with van der Waals surface area (Å²) in [5.74, 6) is 0.150. The molecule has 0 fully saturated rings. The Morgan fingerprint density at radius 3 is 2.38 bits per heavy atom. The average Bonchev–Trinajstić information content (AvgIpc) is 2.61. The first-order valence-electron chi connectivity index (χ1n) is 8.45. The zero-order chi connectivity index (χ0) is 19.1. The van der Waals surface area contributed by atoms with Gasteiger partial charge in [0.05, 0.1) is 11.5 Å². The number of ether oxygens (including phenoxy) is 1. The molecule has 2 aromatic carbocycles. The van der Waals surface area contributed by atoms with E-state index in [1.54, 1.807) is 19.1 Å². The normalized spacial score (nSPS) is 10.5. The van der Waals surface area contributed by atoms with Crippen molar-refractivity contribution in [3.05, 3.63) is 58.1 Å². The molecular weight excluding hydrogens is 334 g/mol. The van der Waals surface area contributed by atoms with E-state index in [4.69, 9.17) is 4.74 Å². The third-order valence-corrected chi connectivity index (χ3v) is 3.70. The zero-order valence-electron chi connectivity index (χ0n) is 15.1. The SMILES string of the molecule is CCOc1cc(NCc2ccc(NC(=O)C(C)C)cc2)ccc1[N+](=O)[O-]. The fraction of sp³-hybridized carbons (Fsp3) is 0.316. The highest BCUT2D eigenvalue weighted by molar-refractivity contribution is 5.92. The van der Waals surface area contributed by atoms with Crippen LogP contribution < -0.4 is 15.4 Å². The van der Waals surface area contributed by atoms with Crippen LogP contribution in [0.15, 0.2) is 42.5 Å². The summed E-state index contributed by atoms with van der Waals surface area (Å²) >= 11 is 0. The molecule has 2 N–H and O–H groups in total. The van der Waals surface area contributed by atoms with Gasteiger partial charge in [-0.1, -0.05) is 26.0 Å². The van der Waals surface area contributed by atoms with Crippen LogP contribution in [0.3, 0.4) is 0 Å². The first-order valence-corrected chi connectivity index (χ1v) is 8.45. The monoisotopic (exact) mass is 357 g/mol. The quantitative estimate of drug-likeness (QED) is 0.545. The third kappa shape index (κ3) is 5.20. The molecule has 0 aliphatic carbocycles. The predicted molar refractivity (Wildman–Crippen MR) is 102 cm³/mol. The van der Waals surface area contributed by atoms with Crippen molar-refractivity contribution in [1.29, 1.82) is 0 Å². The molecule has 0 aromatic heterocycles. The van der Waals surface area contributed by atoms with Gasteiger partial charge in [0.1, 0.15) is 0 Å². The Balaban J connectivity index is 2.01. The minimum absolute atomic E-state index is 0.0230. The van der Waals surface area contributed by atoms with Gasteiger partial charge >= 0.3 is 5.69 Å². The van der Waals surface area contributed by atoms with Crippen molar-refractivity contribution >= 4 is 23.0 Å². The summed E-state index contributed by atoms with van der Waals surface area (Å²) in [6, 6.07) is 12.2. The first kappa shape index (κ1) is 19.2. The molecule has 0 atom stereocenters. The summed E-state index contributed by atoms with van der Waals surface area (Å²) in [5, 5.41) is 17.1. The van der Waals surface area contributed by atoms with Gasteiger partial charge in [-0.25, -0.2) is 0 Å². The lowest BCUT2D eigenvalue weighted by molar-refractivity contribution is -0.385. The highest BCUT2D eigenvalue weighted by Gasteiger charge is 2.15. The molecule has 2 aromatic rings. The van der Waals surface area contributed by atoms with E-state index in [-0.39, 0.29) is 23.3 Å². The lowest BCUT2D eigenvalue weighted by Crippen LogP contribution is -2.17. The van der Waals surface area contributed by atoms with Crippen LogP contribution >= 0.6 is 0 Å². The maximum atomic E-state index is 11.7. The van der Waals surface area contributed by atoms with E-state index in [1.807, 2.05) is 38.1 Å². The third-order valence-electron chi connectivity index (χ3n) is 3.70. The Morgan fingerprint density at radius 2 is 1.81 bits per heavy atom. The van der Waals surface area contributed by atoms with Gasteiger partial charge in [-0.3, -0.25) is 14.9 Å². The van der Waals surface area contributed by atoms with Crippen LogP contribution in [0.1, 0.15) is 26.3 Å². The van der Waals surface area contributed by atoms with Crippen LogP contribution in [-0.2, 0) is 11.3 Å². The fourth-order valence-corrected chi connectivity index (χ4v) is 2.24. The molecule has 0 heterocycles. The number of carbonyl (C=O) groups is 1. The van der Waals surface area contributed by atoms with Gasteiger partial charge in [-0.05, 0) is 30.7 Å². The molecule has 1 amide bonds. The van der Waals surface area contributed by atoms with Crippen LogP contribution in [0.4, 0.5) is 17.1 Å². The molecule has 138 valence electrons. The molecule has 0 radical (unpaired) electrons. The summed E-state index contributed by atoms with van der Waals surface area (Å²) in [6.07, 6.45) is 0. The molecule has 2 rings (SSSR count). The fourth-order valence-electron chi connectivity index (χ4n) is 2.24. The molecule has 0 spiro atoms. The Kier molecular flexibility index (Phi) is 6.54. The number of benzene rings is 2. The van der Waals surface area contributed by atoms with Crippen molar-refractivity contribution < 1.29 is 14.5 Å². The highest BCUT2D eigenvalue weighted by atomic mass is 16.6. The van der Waals surface area contributed by atoms with Crippen molar-refractivity contribution in [2.24, 2.45) is 5.92 Å². The number of nitro benzene ring substituents is 1. The maximum Gasteiger partial charge on any atom is 0.311 e. The molecule has 0 aliphatic rings. The summed E-state index contributed by atoms with van der Waals surface area (Å²) in [6.45, 7) is 6.36. The van der Waals surface area contributed by atoms with Crippen LogP contribution in [0.25, 0.3) is 0 Å². The van der Waals surface area contributed by atoms with Gasteiger partial charge in [0.15, 0.2) is 5.75 Å². The van der Waals surface area contributed by atoms with Crippen molar-refractivity contribution in [2.75, 3.05) is 17.2 Å². The number of carbonyl (C=O) groups excluding carboxylic acids is 1. The number of amides is 1. The van der Waals surface area contributed by atoms with Crippen LogP contribution in [0.2, 0.25) is 0 Å². The Hall–Kier alpha value is -3.09. The number of anilines is 2. The molecule has 0 aliphatic heterocycles. The molecule has 0 unspecified atom stereocenters. The Morgan fingerprint density at radius 1 is 1.15 bits per heavy atom. The van der Waals surface area contributed by atoms with E-state index >= 15 is 0 Å². The van der Waals surface area contributed by atoms with Gasteiger partial charge in [0, 0.05) is 36.0 Å². The Bertz CT molecular complexity index is 773. The van der Waals surface area contributed by atoms with Crippen molar-refractivity contribution in [3.8, 4) is 5.75 Å². The Labute approximate surface area is 152 Å². The molecule has 0 saturated carbocycles. The predicted octanol–water partition coefficient (Wildman–Crippen LogP) is 4.20. The van der Waals surface area contributed by atoms with Gasteiger partial charge in [-0.2, -0.15) is 0 Å². The summed E-state index contributed by atoms with van der Waals surface area (Å²) in [4.78, 5) is 22.2. The molecular formula is C19H23N3O4. The number of hydrogen-bond acceptors (Lipinski definition) is 5. The standard InChI is InChI=1S/C19H23N3O4/c1-4-26-18-11-16(9-10-17(18)22(24)25)20-12-14-5-7-15(8-6-14)21-19(23)13(2)3/h5-11,13,20H,4,12H2,1-3H3,(H,21,23). The second-order valence-corrected chi connectivity index (χ2v) is 6.07. The molecule has 0 saturated heterocycles. The molecule has 26 heavy (non-hydrogen) atoms. The lowest BCUT2D eigenvalue weighted by atomic mass is 10.1. The number of nitrogens with one attached hydrogen (secondary N) is 2. The number of nitrogens with zero attached hydrogens (tertiary/aromatic N) is 1. The first-order chi connectivity index (χ1) is 12.4. The number of rotatable bonds is 8. The molecule has 7 nitrogen and oxygen atoms in total. The second-order valence-electron chi connectivity index (χ2n) is 6.07. The van der Waals surface area contributed by atoms with E-state index in [1.165, 1.54) is 6.07 Å². The van der Waals surface area contributed by atoms with E-state index in [9.17, 15) is 14.9 Å². The van der Waals surface area contributed by atoms with Gasteiger partial charge in [-0.15, -0.1) is 0 Å². The van der Waals surface area contributed by atoms with Gasteiger partial charge in [0.2, 0.25) is 5.91 Å². The van der Waals surface area contributed by atoms with E-state index in [2.05, 4.69) is 10.6 Å². The topological polar surface area (TPSA) is 93.5 Å². The average molecular weight is 357 g/mol. The number of hydrogen-bond donors (Lipinski definition) is 2. The second kappa shape index (κ2) is 8.84.